The van der Waals surface area contributed by atoms with E-state index in [0.29, 0.717) is 36.0 Å². The van der Waals surface area contributed by atoms with Crippen LogP contribution >= 0.6 is 0 Å². The van der Waals surface area contributed by atoms with Gasteiger partial charge in [0.1, 0.15) is 11.6 Å². The number of hydrogen-bond donors (Lipinski definition) is 1. The topological polar surface area (TPSA) is 37.3 Å². The Kier molecular flexibility index (Phi) is 7.45. The van der Waals surface area contributed by atoms with E-state index in [9.17, 15) is 26.7 Å². The normalized spacial score (nSPS) is 11.7. The zero-order valence-electron chi connectivity index (χ0n) is 20.1. The molecule has 0 saturated carbocycles. The monoisotopic (exact) mass is 513 g/mol. The van der Waals surface area contributed by atoms with E-state index in [1.54, 1.807) is 30.3 Å². The number of carbonyl (C=O) groups is 1. The molecule has 3 aromatic carbocycles. The molecule has 0 fully saturated rings. The molecule has 0 aliphatic rings. The van der Waals surface area contributed by atoms with Gasteiger partial charge in [-0.1, -0.05) is 24.3 Å². The van der Waals surface area contributed by atoms with Crippen molar-refractivity contribution < 1.29 is 26.7 Å². The van der Waals surface area contributed by atoms with Crippen molar-refractivity contribution in [3.8, 4) is 28.2 Å². The molecule has 0 saturated heterocycles. The molecule has 192 valence electrons. The maximum atomic E-state index is 14.7. The maximum absolute atomic E-state index is 14.7. The van der Waals surface area contributed by atoms with Gasteiger partial charge in [0.15, 0.2) is 0 Å². The van der Waals surface area contributed by atoms with E-state index in [0.717, 1.165) is 12.1 Å². The summed E-state index contributed by atoms with van der Waals surface area (Å²) in [5, 5.41) is 2.80. The van der Waals surface area contributed by atoms with Crippen LogP contribution in [0.25, 0.3) is 28.2 Å². The van der Waals surface area contributed by atoms with Gasteiger partial charge in [-0.3, -0.25) is 4.79 Å². The van der Waals surface area contributed by atoms with E-state index in [-0.39, 0.29) is 22.9 Å². The second kappa shape index (κ2) is 10.6. The zero-order valence-corrected chi connectivity index (χ0v) is 20.1. The number of para-hydroxylation sites is 1. The van der Waals surface area contributed by atoms with Crippen LogP contribution < -0.4 is 5.32 Å². The highest BCUT2D eigenvalue weighted by Crippen LogP contribution is 2.39. The standard InChI is InChI=1S/C28H24F5N3O/c1-35(2)16-15-34-27(37)19-9-7-18(8-10-19)24-13-14-25(21-12-11-20(29)17-23(21)30)36(24)26-6-4-3-5-22(26)28(31,32)33/h3-14,17H,15-16H2,1-2H3,(H,34,37). The summed E-state index contributed by atoms with van der Waals surface area (Å²) in [6.07, 6.45) is -4.68. The molecule has 1 heterocycles. The van der Waals surface area contributed by atoms with Gasteiger partial charge in [-0.2, -0.15) is 13.2 Å². The van der Waals surface area contributed by atoms with Gasteiger partial charge in [-0.05, 0) is 68.2 Å². The summed E-state index contributed by atoms with van der Waals surface area (Å²) in [6, 6.07) is 17.3. The van der Waals surface area contributed by atoms with Gasteiger partial charge in [0, 0.05) is 30.3 Å². The molecule has 0 unspecified atom stereocenters. The number of rotatable bonds is 7. The molecule has 0 radical (unpaired) electrons. The lowest BCUT2D eigenvalue weighted by Gasteiger charge is -2.19. The number of carbonyl (C=O) groups excluding carboxylic acids is 1. The fourth-order valence-corrected chi connectivity index (χ4v) is 4.02. The third-order valence-corrected chi connectivity index (χ3v) is 5.83. The predicted octanol–water partition coefficient (Wildman–Crippen LogP) is 6.40. The highest BCUT2D eigenvalue weighted by atomic mass is 19.4. The molecule has 4 rings (SSSR count). The van der Waals surface area contributed by atoms with Crippen molar-refractivity contribution in [1.82, 2.24) is 14.8 Å². The van der Waals surface area contributed by atoms with Crippen LogP contribution in [0.15, 0.2) is 78.9 Å². The SMILES string of the molecule is CN(C)CCNC(=O)c1ccc(-c2ccc(-c3ccc(F)cc3F)n2-c2ccccc2C(F)(F)F)cc1. The second-order valence-corrected chi connectivity index (χ2v) is 8.71. The van der Waals surface area contributed by atoms with Crippen molar-refractivity contribution in [2.75, 3.05) is 27.2 Å². The van der Waals surface area contributed by atoms with E-state index < -0.39 is 23.4 Å². The molecule has 9 heteroatoms. The fourth-order valence-electron chi connectivity index (χ4n) is 4.02. The average Bonchev–Trinajstić information content (AvgIpc) is 3.28. The molecule has 0 bridgehead atoms. The van der Waals surface area contributed by atoms with E-state index in [1.807, 2.05) is 19.0 Å². The first-order valence-electron chi connectivity index (χ1n) is 11.4. The molecule has 0 spiro atoms. The minimum atomic E-state index is -4.68. The van der Waals surface area contributed by atoms with Crippen molar-refractivity contribution in [2.24, 2.45) is 0 Å². The van der Waals surface area contributed by atoms with E-state index in [1.165, 1.54) is 34.9 Å². The van der Waals surface area contributed by atoms with E-state index in [4.69, 9.17) is 0 Å². The highest BCUT2D eigenvalue weighted by Gasteiger charge is 2.34. The average molecular weight is 514 g/mol. The van der Waals surface area contributed by atoms with Crippen molar-refractivity contribution in [1.29, 1.82) is 0 Å². The number of benzene rings is 3. The van der Waals surface area contributed by atoms with Crippen molar-refractivity contribution >= 4 is 5.91 Å². The van der Waals surface area contributed by atoms with E-state index >= 15 is 0 Å². The van der Waals surface area contributed by atoms with Crippen LogP contribution in [-0.4, -0.2) is 42.6 Å². The Morgan fingerprint density at radius 3 is 2.22 bits per heavy atom. The summed E-state index contributed by atoms with van der Waals surface area (Å²) in [7, 11) is 3.78. The smallest absolute Gasteiger partial charge is 0.351 e. The Bertz CT molecular complexity index is 1410. The molecule has 4 aromatic rings. The fraction of sp³-hybridized carbons (Fsp3) is 0.179. The minimum absolute atomic E-state index is 0.0542. The molecule has 1 aromatic heterocycles. The number of amides is 1. The first-order chi connectivity index (χ1) is 17.6. The number of halogens is 5. The summed E-state index contributed by atoms with van der Waals surface area (Å²) >= 11 is 0. The third kappa shape index (κ3) is 5.72. The molecular formula is C28H24F5N3O. The number of nitrogens with zero attached hydrogens (tertiary/aromatic N) is 2. The van der Waals surface area contributed by atoms with Gasteiger partial charge in [0.05, 0.1) is 22.6 Å². The minimum Gasteiger partial charge on any atom is -0.351 e. The van der Waals surface area contributed by atoms with Crippen LogP contribution in [0.3, 0.4) is 0 Å². The Balaban J connectivity index is 1.82. The number of nitrogens with one attached hydrogen (secondary N) is 1. The summed E-state index contributed by atoms with van der Waals surface area (Å²) in [4.78, 5) is 14.4. The summed E-state index contributed by atoms with van der Waals surface area (Å²) in [6.45, 7) is 1.12. The molecule has 0 aliphatic heterocycles. The lowest BCUT2D eigenvalue weighted by Crippen LogP contribution is -2.31. The predicted molar refractivity (Wildman–Crippen MR) is 132 cm³/mol. The Morgan fingerprint density at radius 2 is 1.57 bits per heavy atom. The summed E-state index contributed by atoms with van der Waals surface area (Å²) in [5.74, 6) is -1.98. The second-order valence-electron chi connectivity index (χ2n) is 8.71. The van der Waals surface area contributed by atoms with Crippen LogP contribution in [0.4, 0.5) is 22.0 Å². The van der Waals surface area contributed by atoms with Gasteiger partial charge in [-0.15, -0.1) is 0 Å². The molecule has 1 N–H and O–H groups in total. The van der Waals surface area contributed by atoms with Crippen LogP contribution in [0.2, 0.25) is 0 Å². The van der Waals surface area contributed by atoms with Crippen molar-refractivity contribution in [3.05, 3.63) is 102 Å². The molecule has 4 nitrogen and oxygen atoms in total. The Hall–Kier alpha value is -3.98. The third-order valence-electron chi connectivity index (χ3n) is 5.83. The molecule has 0 atom stereocenters. The Labute approximate surface area is 211 Å². The maximum Gasteiger partial charge on any atom is 0.418 e. The quantitative estimate of drug-likeness (QED) is 0.291. The summed E-state index contributed by atoms with van der Waals surface area (Å²) < 4.78 is 71.5. The van der Waals surface area contributed by atoms with Gasteiger partial charge >= 0.3 is 6.18 Å². The van der Waals surface area contributed by atoms with Crippen LogP contribution in [0.5, 0.6) is 0 Å². The van der Waals surface area contributed by atoms with Crippen LogP contribution in [-0.2, 0) is 6.18 Å². The first kappa shape index (κ1) is 26.1. The molecule has 0 aliphatic carbocycles. The van der Waals surface area contributed by atoms with Gasteiger partial charge in [0.25, 0.3) is 5.91 Å². The highest BCUT2D eigenvalue weighted by molar-refractivity contribution is 5.94. The number of likely N-dealkylation sites (N-methyl/N-ethyl adjacent to an activating group) is 1. The first-order valence-corrected chi connectivity index (χ1v) is 11.4. The summed E-state index contributed by atoms with van der Waals surface area (Å²) in [5.41, 5.74) is 0.190. The van der Waals surface area contributed by atoms with Crippen LogP contribution in [0.1, 0.15) is 15.9 Å². The largest absolute Gasteiger partial charge is 0.418 e. The zero-order chi connectivity index (χ0) is 26.7. The van der Waals surface area contributed by atoms with Gasteiger partial charge < -0.3 is 14.8 Å². The van der Waals surface area contributed by atoms with Crippen LogP contribution in [0, 0.1) is 11.6 Å². The Morgan fingerprint density at radius 1 is 0.892 bits per heavy atom. The van der Waals surface area contributed by atoms with Gasteiger partial charge in [-0.25, -0.2) is 8.78 Å². The molecule has 1 amide bonds. The lowest BCUT2D eigenvalue weighted by atomic mass is 10.1. The number of alkyl halides is 3. The number of hydrogen-bond acceptors (Lipinski definition) is 2. The molecular weight excluding hydrogens is 489 g/mol. The molecule has 37 heavy (non-hydrogen) atoms. The van der Waals surface area contributed by atoms with E-state index in [2.05, 4.69) is 5.32 Å². The van der Waals surface area contributed by atoms with Crippen molar-refractivity contribution in [2.45, 2.75) is 6.18 Å². The number of aromatic nitrogens is 1. The van der Waals surface area contributed by atoms with Crippen molar-refractivity contribution in [3.63, 3.8) is 0 Å². The lowest BCUT2D eigenvalue weighted by molar-refractivity contribution is -0.137. The van der Waals surface area contributed by atoms with Gasteiger partial charge in [0.2, 0.25) is 0 Å².